The summed E-state index contributed by atoms with van der Waals surface area (Å²) in [5, 5.41) is 6.90. The van der Waals surface area contributed by atoms with E-state index in [0.717, 1.165) is 18.7 Å². The lowest BCUT2D eigenvalue weighted by molar-refractivity contribution is 0.485. The van der Waals surface area contributed by atoms with Gasteiger partial charge < -0.3 is 5.32 Å². The van der Waals surface area contributed by atoms with Gasteiger partial charge in [0.1, 0.15) is 0 Å². The molecule has 0 amide bonds. The molecule has 0 radical (unpaired) electrons. The Kier molecular flexibility index (Phi) is 5.12. The molecule has 0 aliphatic rings. The summed E-state index contributed by atoms with van der Waals surface area (Å²) in [5.41, 5.74) is 1.15. The van der Waals surface area contributed by atoms with Gasteiger partial charge in [0.05, 0.1) is 5.01 Å². The minimum atomic E-state index is 0.607. The van der Waals surface area contributed by atoms with Crippen molar-refractivity contribution in [1.82, 2.24) is 10.3 Å². The molecule has 0 saturated heterocycles. The van der Waals surface area contributed by atoms with E-state index in [4.69, 9.17) is 0 Å². The molecule has 2 nitrogen and oxygen atoms in total. The predicted octanol–water partition coefficient (Wildman–Crippen LogP) is 2.77. The van der Waals surface area contributed by atoms with Crippen LogP contribution in [0.1, 0.15) is 37.4 Å². The number of aryl methyl sites for hydroxylation is 1. The molecule has 80 valence electrons. The minimum Gasteiger partial charge on any atom is -0.314 e. The number of nitrogens with zero attached hydrogens (tertiary/aromatic N) is 1. The van der Waals surface area contributed by atoms with Crippen molar-refractivity contribution in [3.63, 3.8) is 0 Å². The predicted molar refractivity (Wildman–Crippen MR) is 62.9 cm³/mol. The van der Waals surface area contributed by atoms with Crippen LogP contribution in [0.4, 0.5) is 0 Å². The molecule has 0 aromatic carbocycles. The first-order valence-electron chi connectivity index (χ1n) is 5.40. The Labute approximate surface area is 90.8 Å². The van der Waals surface area contributed by atoms with E-state index in [0.29, 0.717) is 6.04 Å². The highest BCUT2D eigenvalue weighted by molar-refractivity contribution is 7.09. The molecule has 0 bridgehead atoms. The third-order valence-electron chi connectivity index (χ3n) is 2.22. The van der Waals surface area contributed by atoms with E-state index in [9.17, 15) is 0 Å². The van der Waals surface area contributed by atoms with Crippen molar-refractivity contribution >= 4 is 11.3 Å². The average Bonchev–Trinajstić information content (AvgIpc) is 2.52. The van der Waals surface area contributed by atoms with E-state index in [1.165, 1.54) is 17.8 Å². The number of aromatic nitrogens is 1. The van der Waals surface area contributed by atoms with Gasteiger partial charge in [-0.05, 0) is 19.9 Å². The lowest BCUT2D eigenvalue weighted by Crippen LogP contribution is -2.30. The van der Waals surface area contributed by atoms with Crippen LogP contribution in [0.15, 0.2) is 5.38 Å². The molecule has 1 unspecified atom stereocenters. The van der Waals surface area contributed by atoms with Crippen molar-refractivity contribution in [2.45, 2.75) is 46.1 Å². The van der Waals surface area contributed by atoms with E-state index in [1.807, 2.05) is 0 Å². The Morgan fingerprint density at radius 1 is 1.50 bits per heavy atom. The van der Waals surface area contributed by atoms with Crippen LogP contribution in [0.5, 0.6) is 0 Å². The molecular weight excluding hydrogens is 192 g/mol. The second-order valence-electron chi connectivity index (χ2n) is 3.63. The van der Waals surface area contributed by atoms with Crippen LogP contribution in [-0.4, -0.2) is 17.6 Å². The lowest BCUT2D eigenvalue weighted by Gasteiger charge is -2.15. The van der Waals surface area contributed by atoms with Gasteiger partial charge in [0.2, 0.25) is 0 Å². The maximum atomic E-state index is 4.49. The van der Waals surface area contributed by atoms with Crippen LogP contribution < -0.4 is 5.32 Å². The molecule has 0 spiro atoms. The molecule has 1 aromatic heterocycles. The SMILES string of the molecule is CCCC(Cc1nc(C)cs1)NCC. The zero-order chi connectivity index (χ0) is 10.4. The van der Waals surface area contributed by atoms with E-state index >= 15 is 0 Å². The van der Waals surface area contributed by atoms with Gasteiger partial charge in [-0.1, -0.05) is 20.3 Å². The van der Waals surface area contributed by atoms with E-state index in [2.05, 4.69) is 36.5 Å². The third kappa shape index (κ3) is 3.76. The third-order valence-corrected chi connectivity index (χ3v) is 3.21. The first kappa shape index (κ1) is 11.7. The summed E-state index contributed by atoms with van der Waals surface area (Å²) in [7, 11) is 0. The average molecular weight is 212 g/mol. The zero-order valence-corrected chi connectivity index (χ0v) is 10.2. The van der Waals surface area contributed by atoms with Crippen molar-refractivity contribution < 1.29 is 0 Å². The second-order valence-corrected chi connectivity index (χ2v) is 4.57. The Balaban J connectivity index is 2.46. The molecule has 1 N–H and O–H groups in total. The molecule has 1 heterocycles. The highest BCUT2D eigenvalue weighted by Crippen LogP contribution is 2.13. The molecule has 3 heteroatoms. The first-order valence-corrected chi connectivity index (χ1v) is 6.28. The summed E-state index contributed by atoms with van der Waals surface area (Å²) in [5.74, 6) is 0. The van der Waals surface area contributed by atoms with Crippen LogP contribution in [0.25, 0.3) is 0 Å². The molecule has 0 aliphatic carbocycles. The molecule has 14 heavy (non-hydrogen) atoms. The fourth-order valence-electron chi connectivity index (χ4n) is 1.62. The first-order chi connectivity index (χ1) is 6.76. The fourth-order valence-corrected chi connectivity index (χ4v) is 2.47. The van der Waals surface area contributed by atoms with Gasteiger partial charge in [-0.2, -0.15) is 0 Å². The standard InChI is InChI=1S/C11H20N2S/c1-4-6-10(12-5-2)7-11-13-9(3)8-14-11/h8,10,12H,4-7H2,1-3H3. The van der Waals surface area contributed by atoms with Crippen molar-refractivity contribution in [3.8, 4) is 0 Å². The summed E-state index contributed by atoms with van der Waals surface area (Å²) < 4.78 is 0. The number of nitrogens with one attached hydrogen (secondary N) is 1. The number of hydrogen-bond acceptors (Lipinski definition) is 3. The van der Waals surface area contributed by atoms with E-state index in [1.54, 1.807) is 11.3 Å². The summed E-state index contributed by atoms with van der Waals surface area (Å²) in [6.45, 7) is 7.50. The number of likely N-dealkylation sites (N-methyl/N-ethyl adjacent to an activating group) is 1. The monoisotopic (exact) mass is 212 g/mol. The zero-order valence-electron chi connectivity index (χ0n) is 9.34. The maximum absolute atomic E-state index is 4.49. The largest absolute Gasteiger partial charge is 0.314 e. The molecule has 0 aliphatic heterocycles. The van der Waals surface area contributed by atoms with Crippen LogP contribution in [0.3, 0.4) is 0 Å². The maximum Gasteiger partial charge on any atom is 0.0943 e. The van der Waals surface area contributed by atoms with Crippen LogP contribution in [0, 0.1) is 6.92 Å². The van der Waals surface area contributed by atoms with Crippen molar-refractivity contribution in [2.75, 3.05) is 6.54 Å². The second kappa shape index (κ2) is 6.14. The Bertz CT molecular complexity index is 252. The van der Waals surface area contributed by atoms with Gasteiger partial charge in [0, 0.05) is 23.5 Å². The van der Waals surface area contributed by atoms with Gasteiger partial charge in [-0.3, -0.25) is 0 Å². The molecule has 1 aromatic rings. The van der Waals surface area contributed by atoms with Crippen LogP contribution >= 0.6 is 11.3 Å². The van der Waals surface area contributed by atoms with Gasteiger partial charge in [-0.25, -0.2) is 4.98 Å². The fraction of sp³-hybridized carbons (Fsp3) is 0.727. The number of hydrogen-bond donors (Lipinski definition) is 1. The summed E-state index contributed by atoms with van der Waals surface area (Å²) in [6.07, 6.45) is 3.56. The molecular formula is C11H20N2S. The van der Waals surface area contributed by atoms with Crippen LogP contribution in [0.2, 0.25) is 0 Å². The Morgan fingerprint density at radius 3 is 2.79 bits per heavy atom. The smallest absolute Gasteiger partial charge is 0.0943 e. The van der Waals surface area contributed by atoms with Gasteiger partial charge >= 0.3 is 0 Å². The Hall–Kier alpha value is -0.410. The summed E-state index contributed by atoms with van der Waals surface area (Å²) in [4.78, 5) is 4.49. The molecule has 0 fully saturated rings. The number of thiazole rings is 1. The van der Waals surface area contributed by atoms with E-state index in [-0.39, 0.29) is 0 Å². The lowest BCUT2D eigenvalue weighted by atomic mass is 10.1. The molecule has 1 atom stereocenters. The van der Waals surface area contributed by atoms with Gasteiger partial charge in [0.15, 0.2) is 0 Å². The molecule has 1 rings (SSSR count). The van der Waals surface area contributed by atoms with Crippen molar-refractivity contribution in [1.29, 1.82) is 0 Å². The van der Waals surface area contributed by atoms with Crippen LogP contribution in [-0.2, 0) is 6.42 Å². The van der Waals surface area contributed by atoms with Crippen molar-refractivity contribution in [3.05, 3.63) is 16.1 Å². The van der Waals surface area contributed by atoms with E-state index < -0.39 is 0 Å². The summed E-state index contributed by atoms with van der Waals surface area (Å²) in [6, 6.07) is 0.607. The normalized spacial score (nSPS) is 13.1. The topological polar surface area (TPSA) is 24.9 Å². The van der Waals surface area contributed by atoms with Gasteiger partial charge in [-0.15, -0.1) is 11.3 Å². The highest BCUT2D eigenvalue weighted by atomic mass is 32.1. The Morgan fingerprint density at radius 2 is 2.29 bits per heavy atom. The quantitative estimate of drug-likeness (QED) is 0.784. The summed E-state index contributed by atoms with van der Waals surface area (Å²) >= 11 is 1.78. The minimum absolute atomic E-state index is 0.607. The van der Waals surface area contributed by atoms with Gasteiger partial charge in [0.25, 0.3) is 0 Å². The van der Waals surface area contributed by atoms with Crippen molar-refractivity contribution in [2.24, 2.45) is 0 Å². The number of rotatable bonds is 6. The highest BCUT2D eigenvalue weighted by Gasteiger charge is 2.09. The molecule has 0 saturated carbocycles.